The molecular weight excluding hydrogens is 268 g/mol. The van der Waals surface area contributed by atoms with Crippen LogP contribution in [0.1, 0.15) is 13.3 Å². The molecule has 1 aromatic heterocycles. The molecule has 0 saturated heterocycles. The number of nitrogens with one attached hydrogen (secondary N) is 1. The van der Waals surface area contributed by atoms with Gasteiger partial charge in [-0.2, -0.15) is 0 Å². The van der Waals surface area contributed by atoms with Crippen LogP contribution in [0.5, 0.6) is 0 Å². The highest BCUT2D eigenvalue weighted by Gasteiger charge is 2.27. The average molecular weight is 281 g/mol. The minimum Gasteiger partial charge on any atom is -0.394 e. The van der Waals surface area contributed by atoms with Gasteiger partial charge in [-0.3, -0.25) is 0 Å². The molecule has 0 atom stereocenters. The molecule has 0 aliphatic heterocycles. The van der Waals surface area contributed by atoms with Gasteiger partial charge in [-0.05, 0) is 22.4 Å². The second-order valence-corrected chi connectivity index (χ2v) is 4.72. The van der Waals surface area contributed by atoms with Crippen LogP contribution in [0.2, 0.25) is 0 Å². The van der Waals surface area contributed by atoms with Crippen LogP contribution >= 0.6 is 27.3 Å². The van der Waals surface area contributed by atoms with Crippen LogP contribution in [0, 0.1) is 0 Å². The Morgan fingerprint density at radius 1 is 1.57 bits per heavy atom. The molecule has 0 saturated carbocycles. The van der Waals surface area contributed by atoms with Crippen molar-refractivity contribution in [2.75, 3.05) is 18.5 Å². The maximum absolute atomic E-state index is 9.19. The molecule has 0 bridgehead atoms. The molecule has 0 aliphatic carbocycles. The van der Waals surface area contributed by atoms with Crippen molar-refractivity contribution in [3.05, 3.63) is 9.98 Å². The van der Waals surface area contributed by atoms with Crippen molar-refractivity contribution < 1.29 is 10.2 Å². The third-order valence-corrected chi connectivity index (χ3v) is 3.60. The maximum atomic E-state index is 9.19. The lowest BCUT2D eigenvalue weighted by Crippen LogP contribution is -2.45. The van der Waals surface area contributed by atoms with Gasteiger partial charge in [0.25, 0.3) is 0 Å². The van der Waals surface area contributed by atoms with Gasteiger partial charge >= 0.3 is 0 Å². The number of aliphatic hydroxyl groups excluding tert-OH is 2. The van der Waals surface area contributed by atoms with Crippen LogP contribution < -0.4 is 5.32 Å². The summed E-state index contributed by atoms with van der Waals surface area (Å²) in [6.07, 6.45) is 0.636. The number of nitrogens with zero attached hydrogens (tertiary/aromatic N) is 1. The highest BCUT2D eigenvalue weighted by molar-refractivity contribution is 9.10. The largest absolute Gasteiger partial charge is 0.394 e. The predicted molar refractivity (Wildman–Crippen MR) is 60.6 cm³/mol. The van der Waals surface area contributed by atoms with E-state index in [1.54, 1.807) is 0 Å². The second kappa shape index (κ2) is 5.06. The van der Waals surface area contributed by atoms with Crippen molar-refractivity contribution in [1.29, 1.82) is 0 Å². The third-order valence-electron chi connectivity index (χ3n) is 2.13. The molecule has 0 spiro atoms. The van der Waals surface area contributed by atoms with Crippen LogP contribution in [0.25, 0.3) is 0 Å². The fourth-order valence-corrected chi connectivity index (χ4v) is 2.24. The van der Waals surface area contributed by atoms with E-state index < -0.39 is 5.54 Å². The fourth-order valence-electron chi connectivity index (χ4n) is 0.979. The van der Waals surface area contributed by atoms with E-state index in [1.807, 2.05) is 12.3 Å². The van der Waals surface area contributed by atoms with Crippen molar-refractivity contribution >= 4 is 32.4 Å². The lowest BCUT2D eigenvalue weighted by atomic mass is 9.99. The Labute approximate surface area is 95.1 Å². The van der Waals surface area contributed by atoms with Crippen LogP contribution in [0.4, 0.5) is 5.13 Å². The number of thiazole rings is 1. The Morgan fingerprint density at radius 3 is 2.57 bits per heavy atom. The fraction of sp³-hybridized carbons (Fsp3) is 0.625. The first-order valence-corrected chi connectivity index (χ1v) is 5.94. The zero-order valence-electron chi connectivity index (χ0n) is 7.83. The molecule has 0 aliphatic rings. The van der Waals surface area contributed by atoms with Crippen molar-refractivity contribution in [3.63, 3.8) is 0 Å². The number of aromatic nitrogens is 1. The highest BCUT2D eigenvalue weighted by Crippen LogP contribution is 2.24. The van der Waals surface area contributed by atoms with Crippen LogP contribution in [-0.2, 0) is 0 Å². The van der Waals surface area contributed by atoms with Gasteiger partial charge in [-0.1, -0.05) is 6.92 Å². The van der Waals surface area contributed by atoms with E-state index in [0.29, 0.717) is 11.6 Å². The molecule has 1 aromatic rings. The number of halogens is 1. The average Bonchev–Trinajstić information content (AvgIpc) is 2.61. The summed E-state index contributed by atoms with van der Waals surface area (Å²) in [6.45, 7) is 1.68. The summed E-state index contributed by atoms with van der Waals surface area (Å²) < 4.78 is 0.755. The van der Waals surface area contributed by atoms with E-state index in [1.165, 1.54) is 11.3 Å². The number of rotatable bonds is 5. The molecule has 1 heterocycles. The first kappa shape index (κ1) is 11.9. The van der Waals surface area contributed by atoms with Crippen molar-refractivity contribution in [2.45, 2.75) is 18.9 Å². The smallest absolute Gasteiger partial charge is 0.184 e. The van der Waals surface area contributed by atoms with E-state index >= 15 is 0 Å². The Bertz CT molecular complexity index is 280. The minimum atomic E-state index is -0.669. The summed E-state index contributed by atoms with van der Waals surface area (Å²) >= 11 is 4.67. The molecule has 3 N–H and O–H groups in total. The van der Waals surface area contributed by atoms with E-state index in [-0.39, 0.29) is 13.2 Å². The first-order valence-electron chi connectivity index (χ1n) is 4.26. The van der Waals surface area contributed by atoms with Gasteiger partial charge in [0, 0.05) is 5.38 Å². The summed E-state index contributed by atoms with van der Waals surface area (Å²) in [6, 6.07) is 0. The molecule has 6 heteroatoms. The zero-order valence-corrected chi connectivity index (χ0v) is 10.2. The van der Waals surface area contributed by atoms with Crippen molar-refractivity contribution in [3.8, 4) is 0 Å². The molecule has 0 radical (unpaired) electrons. The molecule has 80 valence electrons. The number of hydrogen-bond donors (Lipinski definition) is 3. The standard InChI is InChI=1S/C8H13BrN2O2S/c1-2-8(4-12,5-13)11-7-10-6(9)3-14-7/h3,12-13H,2,4-5H2,1H3,(H,10,11). The van der Waals surface area contributed by atoms with Gasteiger partial charge in [-0.15, -0.1) is 11.3 Å². The quantitative estimate of drug-likeness (QED) is 0.764. The van der Waals surface area contributed by atoms with E-state index in [4.69, 9.17) is 0 Å². The van der Waals surface area contributed by atoms with Gasteiger partial charge in [-0.25, -0.2) is 4.98 Å². The predicted octanol–water partition coefficient (Wildman–Crippen LogP) is 1.45. The lowest BCUT2D eigenvalue weighted by Gasteiger charge is -2.29. The Kier molecular flexibility index (Phi) is 4.31. The van der Waals surface area contributed by atoms with Crippen LogP contribution in [0.15, 0.2) is 9.98 Å². The highest BCUT2D eigenvalue weighted by atomic mass is 79.9. The summed E-state index contributed by atoms with van der Waals surface area (Å²) in [5.41, 5.74) is -0.669. The minimum absolute atomic E-state index is 0.114. The molecule has 0 aromatic carbocycles. The van der Waals surface area contributed by atoms with Gasteiger partial charge in [0.1, 0.15) is 4.60 Å². The normalized spacial score (nSPS) is 11.7. The van der Waals surface area contributed by atoms with Gasteiger partial charge in [0.15, 0.2) is 5.13 Å². The Balaban J connectivity index is 2.73. The molecule has 14 heavy (non-hydrogen) atoms. The SMILES string of the molecule is CCC(CO)(CO)Nc1nc(Br)cs1. The molecule has 0 fully saturated rings. The molecule has 0 amide bonds. The Morgan fingerprint density at radius 2 is 2.21 bits per heavy atom. The van der Waals surface area contributed by atoms with E-state index in [2.05, 4.69) is 26.2 Å². The van der Waals surface area contributed by atoms with E-state index in [0.717, 1.165) is 4.60 Å². The molecule has 1 rings (SSSR count). The maximum Gasteiger partial charge on any atom is 0.184 e. The van der Waals surface area contributed by atoms with Gasteiger partial charge in [0.2, 0.25) is 0 Å². The second-order valence-electron chi connectivity index (χ2n) is 3.05. The Hall–Kier alpha value is -0.170. The number of aliphatic hydroxyl groups is 2. The van der Waals surface area contributed by atoms with Gasteiger partial charge < -0.3 is 15.5 Å². The lowest BCUT2D eigenvalue weighted by molar-refractivity contribution is 0.132. The monoisotopic (exact) mass is 280 g/mol. The topological polar surface area (TPSA) is 65.4 Å². The first-order chi connectivity index (χ1) is 6.65. The number of anilines is 1. The molecular formula is C8H13BrN2O2S. The number of hydrogen-bond acceptors (Lipinski definition) is 5. The zero-order chi connectivity index (χ0) is 10.6. The van der Waals surface area contributed by atoms with Gasteiger partial charge in [0.05, 0.1) is 18.8 Å². The third kappa shape index (κ3) is 2.66. The van der Waals surface area contributed by atoms with E-state index in [9.17, 15) is 10.2 Å². The van der Waals surface area contributed by atoms with Crippen molar-refractivity contribution in [2.24, 2.45) is 0 Å². The summed E-state index contributed by atoms with van der Waals surface area (Å²) in [5, 5.41) is 24.0. The molecule has 0 unspecified atom stereocenters. The van der Waals surface area contributed by atoms with Crippen LogP contribution in [-0.4, -0.2) is 33.9 Å². The summed E-state index contributed by atoms with van der Waals surface area (Å²) in [5.74, 6) is 0. The molecule has 4 nitrogen and oxygen atoms in total. The van der Waals surface area contributed by atoms with Crippen molar-refractivity contribution in [1.82, 2.24) is 4.98 Å². The summed E-state index contributed by atoms with van der Waals surface area (Å²) in [7, 11) is 0. The van der Waals surface area contributed by atoms with Crippen LogP contribution in [0.3, 0.4) is 0 Å². The summed E-state index contributed by atoms with van der Waals surface area (Å²) in [4.78, 5) is 4.14.